The number of carbonyl (C=O) groups excluding carboxylic acids is 1. The number of hydrogen-bond acceptors (Lipinski definition) is 7. The largest absolute Gasteiger partial charge is 0.457 e. The third kappa shape index (κ3) is 4.79. The summed E-state index contributed by atoms with van der Waals surface area (Å²) in [5.74, 6) is 0.861. The third-order valence-electron chi connectivity index (χ3n) is 4.86. The van der Waals surface area contributed by atoms with E-state index in [0.29, 0.717) is 48.5 Å². The predicted molar refractivity (Wildman–Crippen MR) is 111 cm³/mol. The number of aliphatic hydroxyl groups excluding tert-OH is 1. The first-order chi connectivity index (χ1) is 15.0. The van der Waals surface area contributed by atoms with Gasteiger partial charge in [0.1, 0.15) is 28.8 Å². The molecule has 31 heavy (non-hydrogen) atoms. The Morgan fingerprint density at radius 1 is 1.16 bits per heavy atom. The molecule has 1 aliphatic rings. The summed E-state index contributed by atoms with van der Waals surface area (Å²) in [7, 11) is 0. The molecule has 9 heteroatoms. The molecule has 0 spiro atoms. The SMILES string of the molecule is NC(=O)c1cc(N2CCOCC2CO)nc(-c2ccc(Oc3ccc(F)cc3)cc2)n1. The zero-order valence-corrected chi connectivity index (χ0v) is 16.6. The maximum atomic E-state index is 13.0. The first-order valence-electron chi connectivity index (χ1n) is 9.71. The molecule has 0 radical (unpaired) electrons. The Morgan fingerprint density at radius 2 is 1.84 bits per heavy atom. The van der Waals surface area contributed by atoms with Crippen LogP contribution in [0.15, 0.2) is 54.6 Å². The Hall–Kier alpha value is -3.56. The minimum atomic E-state index is -0.671. The zero-order valence-electron chi connectivity index (χ0n) is 16.6. The summed E-state index contributed by atoms with van der Waals surface area (Å²) in [5.41, 5.74) is 6.21. The number of anilines is 1. The standard InChI is InChI=1S/C22H21FN4O4/c23-15-3-7-18(8-4-15)31-17-5-1-14(2-6-17)22-25-19(21(24)29)11-20(26-22)27-9-10-30-13-16(27)12-28/h1-8,11,16,28H,9-10,12-13H2,(H2,24,29). The lowest BCUT2D eigenvalue weighted by Gasteiger charge is -2.35. The summed E-state index contributed by atoms with van der Waals surface area (Å²) >= 11 is 0. The number of morpholine rings is 1. The van der Waals surface area contributed by atoms with Crippen LogP contribution in [0.2, 0.25) is 0 Å². The number of nitrogens with two attached hydrogens (primary N) is 1. The summed E-state index contributed by atoms with van der Waals surface area (Å²) in [5, 5.41) is 9.66. The van der Waals surface area contributed by atoms with Gasteiger partial charge < -0.3 is 25.2 Å². The number of carbonyl (C=O) groups is 1. The van der Waals surface area contributed by atoms with E-state index in [9.17, 15) is 14.3 Å². The number of halogens is 1. The second-order valence-electron chi connectivity index (χ2n) is 6.98. The average Bonchev–Trinajstić information content (AvgIpc) is 2.80. The van der Waals surface area contributed by atoms with Gasteiger partial charge in [-0.15, -0.1) is 0 Å². The van der Waals surface area contributed by atoms with E-state index < -0.39 is 5.91 Å². The number of amides is 1. The van der Waals surface area contributed by atoms with Crippen LogP contribution in [0.5, 0.6) is 11.5 Å². The molecule has 1 amide bonds. The Labute approximate surface area is 178 Å². The van der Waals surface area contributed by atoms with Crippen LogP contribution >= 0.6 is 0 Å². The summed E-state index contributed by atoms with van der Waals surface area (Å²) < 4.78 is 24.2. The van der Waals surface area contributed by atoms with E-state index in [1.165, 1.54) is 30.3 Å². The van der Waals surface area contributed by atoms with Crippen LogP contribution in [0.3, 0.4) is 0 Å². The van der Waals surface area contributed by atoms with Gasteiger partial charge in [0.2, 0.25) is 0 Å². The number of aromatic nitrogens is 2. The Kier molecular flexibility index (Phi) is 6.06. The molecule has 4 rings (SSSR count). The molecular formula is C22H21FN4O4. The van der Waals surface area contributed by atoms with Crippen molar-refractivity contribution >= 4 is 11.7 Å². The van der Waals surface area contributed by atoms with Crippen LogP contribution in [0, 0.1) is 5.82 Å². The fraction of sp³-hybridized carbons (Fsp3) is 0.227. The summed E-state index contributed by atoms with van der Waals surface area (Å²) in [6.45, 7) is 1.25. The second kappa shape index (κ2) is 9.07. The molecule has 0 aliphatic carbocycles. The molecule has 3 aromatic rings. The predicted octanol–water partition coefficient (Wildman–Crippen LogP) is 2.37. The van der Waals surface area contributed by atoms with E-state index in [1.54, 1.807) is 24.3 Å². The fourth-order valence-corrected chi connectivity index (χ4v) is 3.26. The molecule has 160 valence electrons. The molecule has 1 atom stereocenters. The number of benzene rings is 2. The highest BCUT2D eigenvalue weighted by atomic mass is 19.1. The molecule has 3 N–H and O–H groups in total. The van der Waals surface area contributed by atoms with Gasteiger partial charge in [-0.1, -0.05) is 0 Å². The average molecular weight is 424 g/mol. The molecule has 2 aromatic carbocycles. The molecule has 1 aliphatic heterocycles. The van der Waals surface area contributed by atoms with Crippen molar-refractivity contribution in [2.24, 2.45) is 5.73 Å². The summed E-state index contributed by atoms with van der Waals surface area (Å²) in [6, 6.07) is 13.9. The van der Waals surface area contributed by atoms with Gasteiger partial charge in [-0.05, 0) is 48.5 Å². The molecule has 1 unspecified atom stereocenters. The van der Waals surface area contributed by atoms with Gasteiger partial charge in [0.05, 0.1) is 25.9 Å². The highest BCUT2D eigenvalue weighted by Gasteiger charge is 2.25. The van der Waals surface area contributed by atoms with Gasteiger partial charge in [-0.2, -0.15) is 0 Å². The van der Waals surface area contributed by atoms with E-state index in [0.717, 1.165) is 0 Å². The van der Waals surface area contributed by atoms with Crippen molar-refractivity contribution < 1.29 is 23.8 Å². The number of primary amides is 1. The molecule has 1 fully saturated rings. The van der Waals surface area contributed by atoms with Crippen LogP contribution in [0.4, 0.5) is 10.2 Å². The fourth-order valence-electron chi connectivity index (χ4n) is 3.26. The molecule has 8 nitrogen and oxygen atoms in total. The molecule has 1 saturated heterocycles. The van der Waals surface area contributed by atoms with Gasteiger partial charge in [0, 0.05) is 18.2 Å². The number of aliphatic hydroxyl groups is 1. The Balaban J connectivity index is 1.62. The van der Waals surface area contributed by atoms with Crippen LogP contribution in [0.25, 0.3) is 11.4 Å². The highest BCUT2D eigenvalue weighted by molar-refractivity contribution is 5.92. The monoisotopic (exact) mass is 424 g/mol. The third-order valence-corrected chi connectivity index (χ3v) is 4.86. The second-order valence-corrected chi connectivity index (χ2v) is 6.98. The maximum Gasteiger partial charge on any atom is 0.267 e. The lowest BCUT2D eigenvalue weighted by atomic mass is 10.2. The van der Waals surface area contributed by atoms with Crippen molar-refractivity contribution in [2.45, 2.75) is 6.04 Å². The lowest BCUT2D eigenvalue weighted by molar-refractivity contribution is 0.0723. The van der Waals surface area contributed by atoms with E-state index in [4.69, 9.17) is 15.2 Å². The first-order valence-corrected chi connectivity index (χ1v) is 9.71. The van der Waals surface area contributed by atoms with Crippen LogP contribution in [-0.4, -0.2) is 53.4 Å². The quantitative estimate of drug-likeness (QED) is 0.625. The molecule has 2 heterocycles. The number of nitrogens with zero attached hydrogens (tertiary/aromatic N) is 3. The molecule has 0 bridgehead atoms. The van der Waals surface area contributed by atoms with E-state index >= 15 is 0 Å². The topological polar surface area (TPSA) is 111 Å². The minimum Gasteiger partial charge on any atom is -0.457 e. The normalized spacial score (nSPS) is 16.2. The zero-order chi connectivity index (χ0) is 21.8. The maximum absolute atomic E-state index is 13.0. The Morgan fingerprint density at radius 3 is 2.48 bits per heavy atom. The molecule has 0 saturated carbocycles. The lowest BCUT2D eigenvalue weighted by Crippen LogP contribution is -2.48. The van der Waals surface area contributed by atoms with E-state index in [1.807, 2.05) is 4.90 Å². The minimum absolute atomic E-state index is 0.0785. The highest BCUT2D eigenvalue weighted by Crippen LogP contribution is 2.27. The van der Waals surface area contributed by atoms with Crippen molar-refractivity contribution in [3.05, 3.63) is 66.1 Å². The van der Waals surface area contributed by atoms with Crippen molar-refractivity contribution in [2.75, 3.05) is 31.3 Å². The van der Waals surface area contributed by atoms with Crippen molar-refractivity contribution in [3.8, 4) is 22.9 Å². The van der Waals surface area contributed by atoms with Gasteiger partial charge in [0.15, 0.2) is 5.82 Å². The Bertz CT molecular complexity index is 1060. The van der Waals surface area contributed by atoms with Crippen molar-refractivity contribution in [1.82, 2.24) is 9.97 Å². The smallest absolute Gasteiger partial charge is 0.267 e. The van der Waals surface area contributed by atoms with Gasteiger partial charge in [0.25, 0.3) is 5.91 Å². The molecular weight excluding hydrogens is 403 g/mol. The molecule has 1 aromatic heterocycles. The van der Waals surface area contributed by atoms with Crippen molar-refractivity contribution in [3.63, 3.8) is 0 Å². The summed E-state index contributed by atoms with van der Waals surface area (Å²) in [6.07, 6.45) is 0. The number of ether oxygens (including phenoxy) is 2. The van der Waals surface area contributed by atoms with Crippen LogP contribution < -0.4 is 15.4 Å². The van der Waals surface area contributed by atoms with E-state index in [2.05, 4.69) is 9.97 Å². The van der Waals surface area contributed by atoms with Gasteiger partial charge >= 0.3 is 0 Å². The number of hydrogen-bond donors (Lipinski definition) is 2. The summed E-state index contributed by atoms with van der Waals surface area (Å²) in [4.78, 5) is 22.6. The first kappa shape index (κ1) is 20.7. The van der Waals surface area contributed by atoms with Crippen LogP contribution in [-0.2, 0) is 4.74 Å². The van der Waals surface area contributed by atoms with Gasteiger partial charge in [-0.3, -0.25) is 4.79 Å². The van der Waals surface area contributed by atoms with Gasteiger partial charge in [-0.25, -0.2) is 14.4 Å². The number of rotatable bonds is 6. The van der Waals surface area contributed by atoms with Crippen molar-refractivity contribution in [1.29, 1.82) is 0 Å². The van der Waals surface area contributed by atoms with Crippen LogP contribution in [0.1, 0.15) is 10.5 Å². The van der Waals surface area contributed by atoms with E-state index in [-0.39, 0.29) is 24.2 Å².